The van der Waals surface area contributed by atoms with Gasteiger partial charge in [0, 0.05) is 5.69 Å². The number of ether oxygens (including phenoxy) is 1. The number of carbonyl (C=O) groups is 2. The van der Waals surface area contributed by atoms with Gasteiger partial charge in [-0.1, -0.05) is 47.0 Å². The number of benzene rings is 4. The molecule has 2 N–H and O–H groups in total. The number of carbonyl (C=O) groups excluding carboxylic acids is 2. The third-order valence-electron chi connectivity index (χ3n) is 6.43. The fourth-order valence-corrected chi connectivity index (χ4v) is 5.65. The number of rotatable bonds is 11. The number of nitrogens with one attached hydrogen (secondary N) is 2. The molecule has 14 heteroatoms. The minimum Gasteiger partial charge on any atom is -0.484 e. The third-order valence-corrected chi connectivity index (χ3v) is 8.55. The van der Waals surface area contributed by atoms with E-state index < -0.39 is 44.9 Å². The van der Waals surface area contributed by atoms with Crippen LogP contribution in [-0.4, -0.2) is 39.6 Å². The molecule has 0 radical (unpaired) electrons. The molecule has 9 nitrogen and oxygen atoms in total. The summed E-state index contributed by atoms with van der Waals surface area (Å²) in [6.45, 7) is 2.56. The first-order valence-electron chi connectivity index (χ1n) is 13.6. The summed E-state index contributed by atoms with van der Waals surface area (Å²) in [5.41, 5.74) is 3.50. The molecule has 0 aliphatic heterocycles. The van der Waals surface area contributed by atoms with Crippen molar-refractivity contribution < 1.29 is 35.9 Å². The number of amides is 2. The first-order chi connectivity index (χ1) is 21.7. The quantitative estimate of drug-likeness (QED) is 0.143. The molecule has 2 amide bonds. The van der Waals surface area contributed by atoms with Crippen molar-refractivity contribution in [3.63, 3.8) is 0 Å². The predicted molar refractivity (Wildman–Crippen MR) is 170 cm³/mol. The van der Waals surface area contributed by atoms with Gasteiger partial charge in [0.25, 0.3) is 21.8 Å². The minimum absolute atomic E-state index is 0.225. The smallest absolute Gasteiger partial charge is 0.417 e. The predicted octanol–water partition coefficient (Wildman–Crippen LogP) is 6.34. The van der Waals surface area contributed by atoms with Gasteiger partial charge in [-0.3, -0.25) is 13.9 Å². The Morgan fingerprint density at radius 2 is 1.50 bits per heavy atom. The second kappa shape index (κ2) is 14.5. The Kier molecular flexibility index (Phi) is 10.7. The fourth-order valence-electron chi connectivity index (χ4n) is 4.02. The van der Waals surface area contributed by atoms with E-state index in [1.54, 1.807) is 43.3 Å². The first-order valence-corrected chi connectivity index (χ1v) is 15.4. The molecule has 240 valence electrons. The largest absolute Gasteiger partial charge is 0.484 e. The maximum absolute atomic E-state index is 13.6. The maximum Gasteiger partial charge on any atom is 0.417 e. The van der Waals surface area contributed by atoms with Crippen LogP contribution in [-0.2, 0) is 25.8 Å². The molecule has 0 heterocycles. The van der Waals surface area contributed by atoms with Crippen molar-refractivity contribution in [3.8, 4) is 5.75 Å². The number of hydrogen-bond acceptors (Lipinski definition) is 6. The standard InChI is InChI=1S/C32H28ClF3N4O5S/c1-21-3-9-24(10-4-21)38-31(42)20-45-26-12-7-23(8-13-26)18-37-39-30(41)19-40(46(43,44)27-14-5-22(2)6-15-27)25-11-16-29(33)28(17-25)32(34,35)36/h3-18H,19-20H2,1-2H3,(H,38,42)(H,39,41)/b37-18-. The summed E-state index contributed by atoms with van der Waals surface area (Å²) in [7, 11) is -4.49. The van der Waals surface area contributed by atoms with Gasteiger partial charge in [0.05, 0.1) is 27.4 Å². The second-order valence-electron chi connectivity index (χ2n) is 10.1. The fraction of sp³-hybridized carbons (Fsp3) is 0.156. The third kappa shape index (κ3) is 9.08. The molecule has 0 aliphatic rings. The van der Waals surface area contributed by atoms with Crippen LogP contribution in [0.1, 0.15) is 22.3 Å². The summed E-state index contributed by atoms with van der Waals surface area (Å²) in [6.07, 6.45) is -3.60. The van der Waals surface area contributed by atoms with Crippen molar-refractivity contribution >= 4 is 51.0 Å². The lowest BCUT2D eigenvalue weighted by atomic mass is 10.2. The molecule has 0 spiro atoms. The lowest BCUT2D eigenvalue weighted by Crippen LogP contribution is -2.39. The number of anilines is 2. The van der Waals surface area contributed by atoms with Crippen molar-refractivity contribution in [2.24, 2.45) is 5.10 Å². The van der Waals surface area contributed by atoms with Crippen LogP contribution in [0, 0.1) is 13.8 Å². The van der Waals surface area contributed by atoms with Crippen LogP contribution in [0.5, 0.6) is 5.75 Å². The SMILES string of the molecule is Cc1ccc(NC(=O)COc2ccc(/C=N\NC(=O)CN(c3ccc(Cl)c(C(F)(F)F)c3)S(=O)(=O)c3ccc(C)cc3)cc2)cc1. The Morgan fingerprint density at radius 3 is 2.11 bits per heavy atom. The average Bonchev–Trinajstić information content (AvgIpc) is 3.00. The molecule has 0 unspecified atom stereocenters. The Morgan fingerprint density at radius 1 is 0.891 bits per heavy atom. The molecule has 0 atom stereocenters. The van der Waals surface area contributed by atoms with Crippen LogP contribution in [0.25, 0.3) is 0 Å². The van der Waals surface area contributed by atoms with E-state index in [4.69, 9.17) is 16.3 Å². The van der Waals surface area contributed by atoms with Crippen LogP contribution >= 0.6 is 11.6 Å². The number of halogens is 4. The summed E-state index contributed by atoms with van der Waals surface area (Å²) in [5.74, 6) is -0.864. The van der Waals surface area contributed by atoms with Crippen molar-refractivity contribution in [2.45, 2.75) is 24.9 Å². The minimum atomic E-state index is -4.87. The molecule has 0 saturated carbocycles. The first kappa shape index (κ1) is 34.0. The Labute approximate surface area is 268 Å². The number of hydrogen-bond donors (Lipinski definition) is 2. The summed E-state index contributed by atoms with van der Waals surface area (Å²) < 4.78 is 73.8. The highest BCUT2D eigenvalue weighted by Gasteiger charge is 2.35. The average molecular weight is 673 g/mol. The van der Waals surface area contributed by atoms with E-state index in [1.807, 2.05) is 19.1 Å². The molecule has 0 saturated heterocycles. The Balaban J connectivity index is 1.42. The molecule has 4 aromatic rings. The Bertz CT molecular complexity index is 1830. The summed E-state index contributed by atoms with van der Waals surface area (Å²) in [5, 5.41) is 5.93. The van der Waals surface area contributed by atoms with Gasteiger partial charge in [0.2, 0.25) is 0 Å². The van der Waals surface area contributed by atoms with Crippen molar-refractivity contribution in [1.29, 1.82) is 0 Å². The molecule has 0 aliphatic carbocycles. The van der Waals surface area contributed by atoms with Gasteiger partial charge >= 0.3 is 6.18 Å². The van der Waals surface area contributed by atoms with Gasteiger partial charge in [0.1, 0.15) is 12.3 Å². The number of aryl methyl sites for hydroxylation is 2. The molecule has 0 fully saturated rings. The van der Waals surface area contributed by atoms with Crippen LogP contribution in [0.15, 0.2) is 101 Å². The van der Waals surface area contributed by atoms with Gasteiger partial charge in [0.15, 0.2) is 6.61 Å². The van der Waals surface area contributed by atoms with E-state index >= 15 is 0 Å². The van der Waals surface area contributed by atoms with E-state index in [9.17, 15) is 31.2 Å². The molecular formula is C32H28ClF3N4O5S. The molecule has 4 rings (SSSR count). The van der Waals surface area contributed by atoms with E-state index in [0.29, 0.717) is 27.4 Å². The van der Waals surface area contributed by atoms with E-state index in [1.165, 1.54) is 30.5 Å². The lowest BCUT2D eigenvalue weighted by Gasteiger charge is -2.25. The molecule has 0 bridgehead atoms. The van der Waals surface area contributed by atoms with Crippen LogP contribution < -0.4 is 19.8 Å². The highest BCUT2D eigenvalue weighted by atomic mass is 35.5. The molecule has 46 heavy (non-hydrogen) atoms. The van der Waals surface area contributed by atoms with Gasteiger partial charge in [-0.05, 0) is 86.1 Å². The van der Waals surface area contributed by atoms with Gasteiger partial charge in [-0.25, -0.2) is 13.8 Å². The maximum atomic E-state index is 13.6. The van der Waals surface area contributed by atoms with E-state index in [-0.39, 0.29) is 17.4 Å². The highest BCUT2D eigenvalue weighted by molar-refractivity contribution is 7.92. The Hall–Kier alpha value is -4.88. The topological polar surface area (TPSA) is 117 Å². The lowest BCUT2D eigenvalue weighted by molar-refractivity contribution is -0.137. The molecule has 0 aromatic heterocycles. The second-order valence-corrected chi connectivity index (χ2v) is 12.3. The van der Waals surface area contributed by atoms with Crippen LogP contribution in [0.2, 0.25) is 5.02 Å². The zero-order valence-electron chi connectivity index (χ0n) is 24.5. The van der Waals surface area contributed by atoms with Gasteiger partial charge < -0.3 is 10.1 Å². The number of nitrogens with zero attached hydrogens (tertiary/aromatic N) is 2. The normalized spacial score (nSPS) is 11.7. The number of sulfonamides is 1. The van der Waals surface area contributed by atoms with Crippen LogP contribution in [0.3, 0.4) is 0 Å². The van der Waals surface area contributed by atoms with E-state index in [2.05, 4.69) is 15.8 Å². The summed E-state index contributed by atoms with van der Waals surface area (Å²) >= 11 is 5.73. The van der Waals surface area contributed by atoms with Crippen molar-refractivity contribution in [2.75, 3.05) is 22.8 Å². The van der Waals surface area contributed by atoms with Crippen LogP contribution in [0.4, 0.5) is 24.5 Å². The molecular weight excluding hydrogens is 645 g/mol. The summed E-state index contributed by atoms with van der Waals surface area (Å²) in [4.78, 5) is 24.7. The van der Waals surface area contributed by atoms with Gasteiger partial charge in [-0.2, -0.15) is 18.3 Å². The summed E-state index contributed by atoms with van der Waals surface area (Å²) in [6, 6.07) is 21.8. The number of alkyl halides is 3. The van der Waals surface area contributed by atoms with Crippen molar-refractivity contribution in [3.05, 3.63) is 118 Å². The highest BCUT2D eigenvalue weighted by Crippen LogP contribution is 2.38. The van der Waals surface area contributed by atoms with Crippen molar-refractivity contribution in [1.82, 2.24) is 5.43 Å². The van der Waals surface area contributed by atoms with E-state index in [0.717, 1.165) is 23.3 Å². The zero-order valence-corrected chi connectivity index (χ0v) is 26.1. The zero-order chi connectivity index (χ0) is 33.5. The monoisotopic (exact) mass is 672 g/mol. The van der Waals surface area contributed by atoms with Gasteiger partial charge in [-0.15, -0.1) is 0 Å². The number of hydrazone groups is 1. The molecule has 4 aromatic carbocycles.